The Morgan fingerprint density at radius 2 is 1.92 bits per heavy atom. The van der Waals surface area contributed by atoms with Crippen molar-refractivity contribution in [3.05, 3.63) is 54.0 Å². The molecule has 0 unspecified atom stereocenters. The molecule has 1 aromatic carbocycles. The van der Waals surface area contributed by atoms with Gasteiger partial charge in [-0.05, 0) is 48.7 Å². The minimum absolute atomic E-state index is 0.0811. The van der Waals surface area contributed by atoms with Crippen molar-refractivity contribution >= 4 is 5.91 Å². The Bertz CT molecular complexity index is 633. The van der Waals surface area contributed by atoms with Crippen LogP contribution in [-0.4, -0.2) is 33.2 Å². The first kappa shape index (κ1) is 19.1. The van der Waals surface area contributed by atoms with Crippen LogP contribution in [0.2, 0.25) is 0 Å². The standard InChI is InChI=1S/C20H28N2O3/c1-15(2)11-13-24-17-9-7-16(8-10-17)20(23)21-14-18(22(3)4)19-6-5-12-25-19/h5-10,12,15,18H,11,13-14H2,1-4H3,(H,21,23)/p+1/t18-/m0/s1. The molecule has 1 heterocycles. The third-order valence-corrected chi connectivity index (χ3v) is 4.13. The van der Waals surface area contributed by atoms with Crippen LogP contribution in [0, 0.1) is 5.92 Å². The lowest BCUT2D eigenvalue weighted by molar-refractivity contribution is -0.891. The number of furan rings is 1. The van der Waals surface area contributed by atoms with Gasteiger partial charge in [-0.15, -0.1) is 0 Å². The predicted octanol–water partition coefficient (Wildman–Crippen LogP) is 2.32. The first-order valence-electron chi connectivity index (χ1n) is 8.82. The van der Waals surface area contributed by atoms with Gasteiger partial charge < -0.3 is 19.4 Å². The van der Waals surface area contributed by atoms with Crippen LogP contribution in [0.25, 0.3) is 0 Å². The van der Waals surface area contributed by atoms with Gasteiger partial charge in [-0.25, -0.2) is 0 Å². The van der Waals surface area contributed by atoms with Crippen molar-refractivity contribution < 1.29 is 18.8 Å². The number of carbonyl (C=O) groups is 1. The number of nitrogens with one attached hydrogen (secondary N) is 2. The number of rotatable bonds is 9. The third kappa shape index (κ3) is 5.94. The molecule has 2 rings (SSSR count). The lowest BCUT2D eigenvalue weighted by Gasteiger charge is -2.19. The maximum atomic E-state index is 12.4. The Morgan fingerprint density at radius 3 is 2.48 bits per heavy atom. The first-order chi connectivity index (χ1) is 12.0. The highest BCUT2D eigenvalue weighted by atomic mass is 16.5. The molecule has 0 fully saturated rings. The van der Waals surface area contributed by atoms with Gasteiger partial charge in [0.2, 0.25) is 0 Å². The van der Waals surface area contributed by atoms with Crippen molar-refractivity contribution in [2.24, 2.45) is 5.92 Å². The second-order valence-electron chi connectivity index (χ2n) is 6.91. The van der Waals surface area contributed by atoms with Gasteiger partial charge in [0.25, 0.3) is 5.91 Å². The second kappa shape index (κ2) is 9.28. The van der Waals surface area contributed by atoms with Crippen molar-refractivity contribution in [3.63, 3.8) is 0 Å². The Balaban J connectivity index is 1.87. The van der Waals surface area contributed by atoms with E-state index in [1.54, 1.807) is 18.4 Å². The molecule has 0 bridgehead atoms. The summed E-state index contributed by atoms with van der Waals surface area (Å²) >= 11 is 0. The minimum Gasteiger partial charge on any atom is -0.494 e. The molecule has 0 spiro atoms. The van der Waals surface area contributed by atoms with E-state index in [1.165, 1.54) is 4.90 Å². The molecule has 1 aromatic heterocycles. The molecule has 25 heavy (non-hydrogen) atoms. The topological polar surface area (TPSA) is 55.9 Å². The Morgan fingerprint density at radius 1 is 1.20 bits per heavy atom. The number of likely N-dealkylation sites (N-methyl/N-ethyl adjacent to an activating group) is 1. The molecule has 136 valence electrons. The van der Waals surface area contributed by atoms with Gasteiger partial charge in [0.15, 0.2) is 11.8 Å². The van der Waals surface area contributed by atoms with E-state index in [0.717, 1.165) is 17.9 Å². The molecule has 2 N–H and O–H groups in total. The molecule has 5 heteroatoms. The SMILES string of the molecule is CC(C)CCOc1ccc(C(=O)NC[C@@H](c2ccco2)[NH+](C)C)cc1. The average molecular weight is 345 g/mol. The van der Waals surface area contributed by atoms with E-state index < -0.39 is 0 Å². The molecule has 2 aromatic rings. The maximum absolute atomic E-state index is 12.4. The van der Waals surface area contributed by atoms with Crippen molar-refractivity contribution in [1.82, 2.24) is 5.32 Å². The van der Waals surface area contributed by atoms with Crippen molar-refractivity contribution in [3.8, 4) is 5.75 Å². The van der Waals surface area contributed by atoms with E-state index in [4.69, 9.17) is 9.15 Å². The lowest BCUT2D eigenvalue weighted by Crippen LogP contribution is -3.07. The van der Waals surface area contributed by atoms with Crippen LogP contribution in [0.3, 0.4) is 0 Å². The minimum atomic E-state index is -0.0912. The van der Waals surface area contributed by atoms with Crippen LogP contribution in [0.5, 0.6) is 5.75 Å². The van der Waals surface area contributed by atoms with Gasteiger partial charge >= 0.3 is 0 Å². The molecule has 5 nitrogen and oxygen atoms in total. The zero-order valence-electron chi connectivity index (χ0n) is 15.5. The summed E-state index contributed by atoms with van der Waals surface area (Å²) in [5.74, 6) is 2.19. The lowest BCUT2D eigenvalue weighted by atomic mass is 10.1. The molecule has 0 saturated carbocycles. The van der Waals surface area contributed by atoms with E-state index in [1.807, 2.05) is 38.4 Å². The number of hydrogen-bond donors (Lipinski definition) is 2. The summed E-state index contributed by atoms with van der Waals surface area (Å²) in [6, 6.07) is 11.2. The molecular formula is C20H29N2O3+. The van der Waals surface area contributed by atoms with Crippen LogP contribution in [-0.2, 0) is 0 Å². The molecule has 0 saturated heterocycles. The molecule has 0 radical (unpaired) electrons. The fourth-order valence-electron chi connectivity index (χ4n) is 2.49. The van der Waals surface area contributed by atoms with Gasteiger partial charge in [-0.3, -0.25) is 4.79 Å². The Labute approximate surface area is 150 Å². The fourth-order valence-corrected chi connectivity index (χ4v) is 2.49. The summed E-state index contributed by atoms with van der Waals surface area (Å²) in [4.78, 5) is 13.6. The van der Waals surface area contributed by atoms with Crippen LogP contribution < -0.4 is 15.0 Å². The Kier molecular flexibility index (Phi) is 7.07. The summed E-state index contributed by atoms with van der Waals surface area (Å²) in [5.41, 5.74) is 0.628. The Hall–Kier alpha value is -2.27. The number of quaternary nitrogens is 1. The molecular weight excluding hydrogens is 316 g/mol. The first-order valence-corrected chi connectivity index (χ1v) is 8.82. The monoisotopic (exact) mass is 345 g/mol. The van der Waals surface area contributed by atoms with Gasteiger partial charge in [0.05, 0.1) is 33.5 Å². The molecule has 1 amide bonds. The molecule has 0 aliphatic carbocycles. The molecule has 0 aliphatic heterocycles. The normalized spacial score (nSPS) is 12.4. The summed E-state index contributed by atoms with van der Waals surface area (Å²) in [6.07, 6.45) is 2.67. The van der Waals surface area contributed by atoms with Crippen LogP contribution in [0.4, 0.5) is 0 Å². The second-order valence-corrected chi connectivity index (χ2v) is 6.91. The third-order valence-electron chi connectivity index (χ3n) is 4.13. The molecule has 1 atom stereocenters. The van der Waals surface area contributed by atoms with Gasteiger partial charge in [-0.1, -0.05) is 13.8 Å². The zero-order valence-corrected chi connectivity index (χ0v) is 15.5. The van der Waals surface area contributed by atoms with Crippen molar-refractivity contribution in [2.75, 3.05) is 27.2 Å². The molecule has 0 aliphatic rings. The zero-order chi connectivity index (χ0) is 18.2. The van der Waals surface area contributed by atoms with Crippen LogP contribution >= 0.6 is 0 Å². The average Bonchev–Trinajstić information content (AvgIpc) is 3.09. The van der Waals surface area contributed by atoms with Gasteiger partial charge in [0, 0.05) is 5.56 Å². The van der Waals surface area contributed by atoms with E-state index in [9.17, 15) is 4.79 Å². The fraction of sp³-hybridized carbons (Fsp3) is 0.450. The number of benzene rings is 1. The maximum Gasteiger partial charge on any atom is 0.251 e. The number of hydrogen-bond acceptors (Lipinski definition) is 3. The van der Waals surface area contributed by atoms with Gasteiger partial charge in [-0.2, -0.15) is 0 Å². The number of amides is 1. The predicted molar refractivity (Wildman–Crippen MR) is 98.0 cm³/mol. The van der Waals surface area contributed by atoms with E-state index >= 15 is 0 Å². The summed E-state index contributed by atoms with van der Waals surface area (Å²) in [6.45, 7) is 5.55. The quantitative estimate of drug-likeness (QED) is 0.733. The van der Waals surface area contributed by atoms with Crippen molar-refractivity contribution in [2.45, 2.75) is 26.3 Å². The summed E-state index contributed by atoms with van der Waals surface area (Å²) < 4.78 is 11.2. The smallest absolute Gasteiger partial charge is 0.251 e. The van der Waals surface area contributed by atoms with E-state index in [-0.39, 0.29) is 11.9 Å². The highest BCUT2D eigenvalue weighted by Crippen LogP contribution is 2.14. The van der Waals surface area contributed by atoms with Gasteiger partial charge in [0.1, 0.15) is 5.75 Å². The highest BCUT2D eigenvalue weighted by Gasteiger charge is 2.21. The van der Waals surface area contributed by atoms with Crippen molar-refractivity contribution in [1.29, 1.82) is 0 Å². The summed E-state index contributed by atoms with van der Waals surface area (Å²) in [7, 11) is 4.09. The van der Waals surface area contributed by atoms with E-state index in [0.29, 0.717) is 24.6 Å². The van der Waals surface area contributed by atoms with Crippen LogP contribution in [0.15, 0.2) is 47.1 Å². The number of carbonyl (C=O) groups excluding carboxylic acids is 1. The van der Waals surface area contributed by atoms with Crippen LogP contribution in [0.1, 0.15) is 42.4 Å². The summed E-state index contributed by atoms with van der Waals surface area (Å²) in [5, 5.41) is 2.99. The number of ether oxygens (including phenoxy) is 1. The van der Waals surface area contributed by atoms with E-state index in [2.05, 4.69) is 19.2 Å². The highest BCUT2D eigenvalue weighted by molar-refractivity contribution is 5.94. The largest absolute Gasteiger partial charge is 0.494 e.